The van der Waals surface area contributed by atoms with Gasteiger partial charge in [-0.2, -0.15) is 0 Å². The second kappa shape index (κ2) is 7.54. The minimum Gasteiger partial charge on any atom is -0.490 e. The molecule has 2 bridgehead atoms. The number of allylic oxidation sites excluding steroid dienone is 2. The number of nitrogens with one attached hydrogen (secondary N) is 1. The molecule has 1 aliphatic heterocycles. The number of methoxy groups -OCH3 is 1. The lowest BCUT2D eigenvalue weighted by molar-refractivity contribution is -0.116. The molecule has 0 unspecified atom stereocenters. The van der Waals surface area contributed by atoms with Gasteiger partial charge in [-0.05, 0) is 18.1 Å². The third-order valence-corrected chi connectivity index (χ3v) is 3.05. The molecule has 22 heavy (non-hydrogen) atoms. The molecule has 0 radical (unpaired) electrons. The van der Waals surface area contributed by atoms with Crippen LogP contribution in [0.4, 0.5) is 0 Å². The minimum absolute atomic E-state index is 0.0998. The summed E-state index contributed by atoms with van der Waals surface area (Å²) in [4.78, 5) is 11.5. The Morgan fingerprint density at radius 2 is 2.18 bits per heavy atom. The van der Waals surface area contributed by atoms with Crippen LogP contribution < -0.4 is 19.5 Å². The summed E-state index contributed by atoms with van der Waals surface area (Å²) in [6.07, 6.45) is 6.85. The summed E-state index contributed by atoms with van der Waals surface area (Å²) in [6, 6.07) is 3.72. The van der Waals surface area contributed by atoms with Gasteiger partial charge in [-0.3, -0.25) is 4.79 Å². The molecule has 1 N–H and O–H groups in total. The van der Waals surface area contributed by atoms with Crippen molar-refractivity contribution in [1.82, 2.24) is 5.32 Å². The molecule has 0 atom stereocenters. The summed E-state index contributed by atoms with van der Waals surface area (Å²) < 4.78 is 16.1. The molecular formula is C17H21NO4. The maximum Gasteiger partial charge on any atom is 0.243 e. The lowest BCUT2D eigenvalue weighted by Gasteiger charge is -2.21. The molecule has 0 aliphatic carbocycles. The predicted molar refractivity (Wildman–Crippen MR) is 85.1 cm³/mol. The molecule has 1 aliphatic rings. The standard InChI is InChI=1S/C17H21NO4/c1-12(2)10-18-15(19)7-5-4-6-13-8-9-14-17(20-3)16(13)22-11-21-14/h4-9,12H,10-11H2,1-3H3,(H,18,19)/b6-4+,7-5+. The number of fused-ring (bicyclic) bond motifs is 2. The minimum atomic E-state index is -0.0998. The van der Waals surface area contributed by atoms with E-state index in [1.54, 1.807) is 19.3 Å². The number of hydrogen-bond acceptors (Lipinski definition) is 4. The number of rotatable bonds is 6. The molecule has 0 saturated heterocycles. The Bertz CT molecular complexity index is 591. The summed E-state index contributed by atoms with van der Waals surface area (Å²) >= 11 is 0. The summed E-state index contributed by atoms with van der Waals surface area (Å²) in [6.45, 7) is 4.95. The van der Waals surface area contributed by atoms with Gasteiger partial charge in [0.1, 0.15) is 0 Å². The number of benzene rings is 1. The summed E-state index contributed by atoms with van der Waals surface area (Å²) in [5.74, 6) is 2.25. The van der Waals surface area contributed by atoms with Crippen LogP contribution in [0.25, 0.3) is 6.08 Å². The van der Waals surface area contributed by atoms with Crippen molar-refractivity contribution in [3.63, 3.8) is 0 Å². The van der Waals surface area contributed by atoms with E-state index in [1.165, 1.54) is 6.08 Å². The molecule has 5 nitrogen and oxygen atoms in total. The summed E-state index contributed by atoms with van der Waals surface area (Å²) in [7, 11) is 1.58. The van der Waals surface area contributed by atoms with Crippen LogP contribution in [0, 0.1) is 5.92 Å². The average Bonchev–Trinajstić information content (AvgIpc) is 2.50. The zero-order chi connectivity index (χ0) is 15.9. The molecule has 1 amide bonds. The van der Waals surface area contributed by atoms with E-state index in [0.717, 1.165) is 5.56 Å². The van der Waals surface area contributed by atoms with Crippen LogP contribution in [0.5, 0.6) is 17.2 Å². The number of carbonyl (C=O) groups is 1. The molecule has 118 valence electrons. The Balaban J connectivity index is 2.01. The van der Waals surface area contributed by atoms with Crippen molar-refractivity contribution in [2.24, 2.45) is 5.92 Å². The monoisotopic (exact) mass is 303 g/mol. The highest BCUT2D eigenvalue weighted by Gasteiger charge is 2.19. The maximum atomic E-state index is 11.5. The molecule has 1 aromatic carbocycles. The van der Waals surface area contributed by atoms with Crippen molar-refractivity contribution >= 4 is 12.0 Å². The zero-order valence-electron chi connectivity index (χ0n) is 13.1. The maximum absolute atomic E-state index is 11.5. The Kier molecular flexibility index (Phi) is 5.47. The van der Waals surface area contributed by atoms with Gasteiger partial charge in [0.15, 0.2) is 11.5 Å². The Morgan fingerprint density at radius 1 is 1.36 bits per heavy atom. The number of hydrogen-bond donors (Lipinski definition) is 1. The van der Waals surface area contributed by atoms with Crippen LogP contribution in [0.15, 0.2) is 30.4 Å². The Hall–Kier alpha value is -2.43. The van der Waals surface area contributed by atoms with E-state index < -0.39 is 0 Å². The molecule has 1 aromatic rings. The fraction of sp³-hybridized carbons (Fsp3) is 0.353. The molecular weight excluding hydrogens is 282 g/mol. The van der Waals surface area contributed by atoms with Gasteiger partial charge in [-0.25, -0.2) is 0 Å². The molecule has 1 heterocycles. The molecule has 0 aromatic heterocycles. The fourth-order valence-corrected chi connectivity index (χ4v) is 1.96. The van der Waals surface area contributed by atoms with E-state index in [-0.39, 0.29) is 12.7 Å². The first kappa shape index (κ1) is 15.9. The van der Waals surface area contributed by atoms with Gasteiger partial charge in [0.05, 0.1) is 7.11 Å². The predicted octanol–water partition coefficient (Wildman–Crippen LogP) is 2.77. The smallest absolute Gasteiger partial charge is 0.243 e. The van der Waals surface area contributed by atoms with Crippen molar-refractivity contribution in [2.75, 3.05) is 20.4 Å². The van der Waals surface area contributed by atoms with E-state index in [9.17, 15) is 4.79 Å². The molecule has 5 heteroatoms. The lowest BCUT2D eigenvalue weighted by atomic mass is 10.1. The SMILES string of the molecule is COc1c2ccc(/C=C/C=C/C(=O)NCC(C)C)c1OCO2. The second-order valence-corrected chi connectivity index (χ2v) is 5.28. The first-order valence-corrected chi connectivity index (χ1v) is 7.21. The quantitative estimate of drug-likeness (QED) is 0.648. The number of carbonyl (C=O) groups excluding carboxylic acids is 1. The van der Waals surface area contributed by atoms with Crippen LogP contribution in [0.3, 0.4) is 0 Å². The lowest BCUT2D eigenvalue weighted by Crippen LogP contribution is -2.25. The van der Waals surface area contributed by atoms with E-state index in [2.05, 4.69) is 19.2 Å². The normalized spacial score (nSPS) is 13.3. The van der Waals surface area contributed by atoms with Crippen LogP contribution >= 0.6 is 0 Å². The van der Waals surface area contributed by atoms with Crippen molar-refractivity contribution in [1.29, 1.82) is 0 Å². The van der Waals surface area contributed by atoms with E-state index in [0.29, 0.717) is 29.7 Å². The van der Waals surface area contributed by atoms with Crippen molar-refractivity contribution in [3.05, 3.63) is 35.9 Å². The van der Waals surface area contributed by atoms with E-state index in [1.807, 2.05) is 18.2 Å². The zero-order valence-corrected chi connectivity index (χ0v) is 13.1. The second-order valence-electron chi connectivity index (χ2n) is 5.28. The van der Waals surface area contributed by atoms with Gasteiger partial charge < -0.3 is 19.5 Å². The summed E-state index contributed by atoms with van der Waals surface area (Å²) in [5, 5.41) is 2.82. The fourth-order valence-electron chi connectivity index (χ4n) is 1.96. The highest BCUT2D eigenvalue weighted by Crippen LogP contribution is 2.43. The largest absolute Gasteiger partial charge is 0.490 e. The molecule has 2 rings (SSSR count). The van der Waals surface area contributed by atoms with E-state index >= 15 is 0 Å². The number of ether oxygens (including phenoxy) is 3. The average molecular weight is 303 g/mol. The van der Waals surface area contributed by atoms with Crippen LogP contribution in [0.2, 0.25) is 0 Å². The van der Waals surface area contributed by atoms with Gasteiger partial charge in [-0.15, -0.1) is 0 Å². The topological polar surface area (TPSA) is 56.8 Å². The van der Waals surface area contributed by atoms with Crippen molar-refractivity contribution in [3.8, 4) is 17.2 Å². The highest BCUT2D eigenvalue weighted by molar-refractivity contribution is 5.87. The van der Waals surface area contributed by atoms with Crippen LogP contribution in [0.1, 0.15) is 19.4 Å². The number of amides is 1. The third-order valence-electron chi connectivity index (χ3n) is 3.05. The van der Waals surface area contributed by atoms with Crippen molar-refractivity contribution in [2.45, 2.75) is 13.8 Å². The molecule has 0 spiro atoms. The van der Waals surface area contributed by atoms with Crippen LogP contribution in [-0.4, -0.2) is 26.4 Å². The highest BCUT2D eigenvalue weighted by atomic mass is 16.7. The van der Waals surface area contributed by atoms with Crippen LogP contribution in [-0.2, 0) is 4.79 Å². The first-order valence-electron chi connectivity index (χ1n) is 7.21. The van der Waals surface area contributed by atoms with Gasteiger partial charge in [0.2, 0.25) is 18.4 Å². The molecule has 0 saturated carbocycles. The molecule has 0 fully saturated rings. The Labute approximate surface area is 130 Å². The summed E-state index contributed by atoms with van der Waals surface area (Å²) in [5.41, 5.74) is 0.871. The van der Waals surface area contributed by atoms with Gasteiger partial charge >= 0.3 is 0 Å². The van der Waals surface area contributed by atoms with Crippen molar-refractivity contribution < 1.29 is 19.0 Å². The van der Waals surface area contributed by atoms with E-state index in [4.69, 9.17) is 14.2 Å². The first-order chi connectivity index (χ1) is 10.6. The Morgan fingerprint density at radius 3 is 2.91 bits per heavy atom. The van der Waals surface area contributed by atoms with Gasteiger partial charge in [0.25, 0.3) is 0 Å². The van der Waals surface area contributed by atoms with Gasteiger partial charge in [-0.1, -0.05) is 32.1 Å². The van der Waals surface area contributed by atoms with Gasteiger partial charge in [0, 0.05) is 18.2 Å². The third kappa shape index (κ3) is 4.04.